The van der Waals surface area contributed by atoms with Gasteiger partial charge in [-0.15, -0.1) is 0 Å². The van der Waals surface area contributed by atoms with Gasteiger partial charge in [-0.25, -0.2) is 0 Å². The molecule has 0 nitrogen and oxygen atoms in total. The molecule has 0 spiro atoms. The molecule has 0 saturated heterocycles. The van der Waals surface area contributed by atoms with Crippen molar-refractivity contribution in [1.82, 2.24) is 0 Å². The maximum absolute atomic E-state index is 6.72. The van der Waals surface area contributed by atoms with E-state index in [2.05, 4.69) is 69.6 Å². The first-order chi connectivity index (χ1) is 12.3. The third-order valence-electron chi connectivity index (χ3n) is 5.77. The van der Waals surface area contributed by atoms with E-state index in [0.717, 1.165) is 6.42 Å². The fourth-order valence-corrected chi connectivity index (χ4v) is 14.6. The molecule has 0 radical (unpaired) electrons. The first-order valence-electron chi connectivity index (χ1n) is 9.41. The van der Waals surface area contributed by atoms with Crippen LogP contribution >= 0.6 is 17.2 Å². The molecule has 2 atom stereocenters. The molecule has 26 heavy (non-hydrogen) atoms. The quantitative estimate of drug-likeness (QED) is 0.300. The Hall–Kier alpha value is 0.303. The number of hydrogen-bond acceptors (Lipinski definition) is 0. The van der Waals surface area contributed by atoms with E-state index in [1.165, 1.54) is 36.8 Å². The van der Waals surface area contributed by atoms with Crippen molar-refractivity contribution >= 4 is 35.4 Å². The molecular weight excluding hydrogens is 586 g/mol. The number of fused-ring (bicyclic) bond motifs is 1. The second-order valence-electron chi connectivity index (χ2n) is 7.62. The molecule has 137 valence electrons. The van der Waals surface area contributed by atoms with Crippen LogP contribution in [-0.4, -0.2) is 18.3 Å². The second kappa shape index (κ2) is 8.35. The zero-order chi connectivity index (χ0) is 19.2. The monoisotopic (exact) mass is 615 g/mol. The summed E-state index contributed by atoms with van der Waals surface area (Å²) in [5.41, 5.74) is 8.71. The molecule has 0 aliphatic heterocycles. The summed E-state index contributed by atoms with van der Waals surface area (Å²) in [7, 11) is 13.4. The molecule has 0 fully saturated rings. The number of hydrogen-bond donors (Lipinski definition) is 0. The summed E-state index contributed by atoms with van der Waals surface area (Å²) >= 11 is -3.93. The normalized spacial score (nSPS) is 25.2. The van der Waals surface area contributed by atoms with Crippen LogP contribution in [0.5, 0.6) is 0 Å². The van der Waals surface area contributed by atoms with Crippen LogP contribution in [0.25, 0.3) is 0 Å². The van der Waals surface area contributed by atoms with Crippen molar-refractivity contribution in [2.45, 2.75) is 45.6 Å². The van der Waals surface area contributed by atoms with Crippen molar-refractivity contribution in [2.75, 3.05) is 0 Å². The van der Waals surface area contributed by atoms with E-state index in [-0.39, 0.29) is 0 Å². The van der Waals surface area contributed by atoms with E-state index in [0.29, 0.717) is 11.8 Å². The Morgan fingerprint density at radius 1 is 1.12 bits per heavy atom. The summed E-state index contributed by atoms with van der Waals surface area (Å²) in [5.74, 6) is 5.85. The Morgan fingerprint density at radius 2 is 1.81 bits per heavy atom. The molecule has 0 bridgehead atoms. The topological polar surface area (TPSA) is 0 Å². The van der Waals surface area contributed by atoms with Crippen LogP contribution in [0.1, 0.15) is 34.1 Å². The first kappa shape index (κ1) is 21.0. The van der Waals surface area contributed by atoms with Crippen molar-refractivity contribution in [2.24, 2.45) is 11.8 Å². The number of allylic oxidation sites excluding steroid dienone is 12. The van der Waals surface area contributed by atoms with Crippen molar-refractivity contribution in [1.29, 1.82) is 0 Å². The van der Waals surface area contributed by atoms with Crippen LogP contribution in [0.15, 0.2) is 67.1 Å². The summed E-state index contributed by atoms with van der Waals surface area (Å²) in [6.07, 6.45) is 12.6. The van der Waals surface area contributed by atoms with E-state index in [9.17, 15) is 0 Å². The minimum atomic E-state index is -2.75. The van der Waals surface area contributed by atoms with Crippen LogP contribution in [0.4, 0.5) is 0 Å². The number of rotatable bonds is 3. The van der Waals surface area contributed by atoms with Gasteiger partial charge in [0.25, 0.3) is 0 Å². The van der Waals surface area contributed by atoms with Crippen molar-refractivity contribution < 1.29 is 19.1 Å². The van der Waals surface area contributed by atoms with Gasteiger partial charge in [0.1, 0.15) is 0 Å². The molecule has 0 heterocycles. The van der Waals surface area contributed by atoms with Gasteiger partial charge in [0.15, 0.2) is 0 Å². The Balaban J connectivity index is 2.36. The molecule has 0 aromatic rings. The fraction of sp³-hybridized carbons (Fsp3) is 0.409. The standard InChI is InChI=1S/C22H27Ge.2ClH.Hf/c1-7-17-13-18-9-8-10-19(23(5)6)16(4)21(18)22(17)20-14(2)11-12-15(20)3;;;/h8-12,14,16H,7H2,1-6H3;2*1H;/q;;;+2/p-2. The van der Waals surface area contributed by atoms with E-state index < -0.39 is 33.0 Å². The summed E-state index contributed by atoms with van der Waals surface area (Å²) in [6.45, 7) is 9.23. The van der Waals surface area contributed by atoms with Crippen molar-refractivity contribution in [3.8, 4) is 0 Å². The average Bonchev–Trinajstić information content (AvgIpc) is 3.00. The third-order valence-corrected chi connectivity index (χ3v) is 16.0. The number of halogens is 2. The zero-order valence-corrected chi connectivity index (χ0v) is 23.7. The molecule has 2 unspecified atom stereocenters. The Kier molecular flexibility index (Phi) is 6.75. The first-order valence-corrected chi connectivity index (χ1v) is 25.4. The molecular formula is C22H27Cl2GeHf. The van der Waals surface area contributed by atoms with Gasteiger partial charge in [0, 0.05) is 0 Å². The molecule has 0 amide bonds. The Labute approximate surface area is 177 Å². The molecule has 0 aromatic carbocycles. The Morgan fingerprint density at radius 3 is 2.31 bits per heavy atom. The van der Waals surface area contributed by atoms with Gasteiger partial charge in [-0.05, 0) is 0 Å². The predicted octanol–water partition coefficient (Wildman–Crippen LogP) is 7.05. The predicted molar refractivity (Wildman–Crippen MR) is 116 cm³/mol. The van der Waals surface area contributed by atoms with E-state index >= 15 is 0 Å². The Bertz CT molecular complexity index is 859. The van der Waals surface area contributed by atoms with Gasteiger partial charge in [-0.1, -0.05) is 0 Å². The zero-order valence-electron chi connectivity index (χ0n) is 16.5. The van der Waals surface area contributed by atoms with Gasteiger partial charge in [-0.2, -0.15) is 0 Å². The van der Waals surface area contributed by atoms with Gasteiger partial charge in [0.05, 0.1) is 0 Å². The minimum absolute atomic E-state index is 0.463. The summed E-state index contributed by atoms with van der Waals surface area (Å²) in [5, 5.41) is 0. The summed E-state index contributed by atoms with van der Waals surface area (Å²) < 4.78 is 3.00. The van der Waals surface area contributed by atoms with Gasteiger partial charge in [-0.3, -0.25) is 0 Å². The maximum atomic E-state index is 6.72. The van der Waals surface area contributed by atoms with E-state index in [4.69, 9.17) is 17.2 Å². The molecule has 3 rings (SSSR count). The molecule has 0 saturated carbocycles. The molecule has 4 heteroatoms. The average molecular weight is 613 g/mol. The van der Waals surface area contributed by atoms with Crippen LogP contribution in [0.2, 0.25) is 11.5 Å². The fourth-order valence-electron chi connectivity index (χ4n) is 4.63. The van der Waals surface area contributed by atoms with Crippen LogP contribution < -0.4 is 0 Å². The summed E-state index contributed by atoms with van der Waals surface area (Å²) in [4.78, 5) is 0. The molecule has 0 aromatic heterocycles. The van der Waals surface area contributed by atoms with Crippen molar-refractivity contribution in [3.63, 3.8) is 0 Å². The third kappa shape index (κ3) is 3.51. The van der Waals surface area contributed by atoms with E-state index in [1.807, 2.05) is 0 Å². The summed E-state index contributed by atoms with van der Waals surface area (Å²) in [6, 6.07) is 0. The van der Waals surface area contributed by atoms with Gasteiger partial charge < -0.3 is 0 Å². The van der Waals surface area contributed by atoms with E-state index in [1.54, 1.807) is 4.35 Å². The molecule has 3 aliphatic carbocycles. The second-order valence-corrected chi connectivity index (χ2v) is 24.5. The van der Waals surface area contributed by atoms with Gasteiger partial charge in [0.2, 0.25) is 0 Å². The SMILES string of the molecule is CCC1=[C]([Hf]([Cl])[Cl])C2=CC=C[C](=[Ge]([CH3])[CH3])C(C)C2=C1C1=C(C)C=CC1C. The van der Waals surface area contributed by atoms with Crippen LogP contribution in [0.3, 0.4) is 0 Å². The van der Waals surface area contributed by atoms with Gasteiger partial charge >= 0.3 is 179 Å². The van der Waals surface area contributed by atoms with Crippen molar-refractivity contribution in [3.05, 3.63) is 67.1 Å². The van der Waals surface area contributed by atoms with Crippen LogP contribution in [0, 0.1) is 11.8 Å². The molecule has 3 aliphatic rings. The van der Waals surface area contributed by atoms with Crippen LogP contribution in [-0.2, 0) is 19.1 Å². The molecule has 0 N–H and O–H groups in total.